The minimum Gasteiger partial charge on any atom is -0.325 e. The van der Waals surface area contributed by atoms with Crippen LogP contribution >= 0.6 is 15.9 Å². The number of hydrogen-bond acceptors (Lipinski definition) is 4. The van der Waals surface area contributed by atoms with Crippen molar-refractivity contribution in [2.24, 2.45) is 0 Å². The zero-order chi connectivity index (χ0) is 13.7. The van der Waals surface area contributed by atoms with Crippen LogP contribution in [0.15, 0.2) is 28.7 Å². The van der Waals surface area contributed by atoms with E-state index >= 15 is 0 Å². The van der Waals surface area contributed by atoms with Crippen molar-refractivity contribution in [1.29, 1.82) is 0 Å². The van der Waals surface area contributed by atoms with Gasteiger partial charge in [0.2, 0.25) is 5.91 Å². The summed E-state index contributed by atoms with van der Waals surface area (Å²) in [4.78, 5) is 14.1. The highest BCUT2D eigenvalue weighted by atomic mass is 79.9. The van der Waals surface area contributed by atoms with Crippen LogP contribution in [0, 0.1) is 0 Å². The number of carbonyl (C=O) groups is 1. The molecule has 0 unspecified atom stereocenters. The number of anilines is 1. The summed E-state index contributed by atoms with van der Waals surface area (Å²) in [6.45, 7) is 4.26. The lowest BCUT2D eigenvalue weighted by atomic mass is 10.3. The molecule has 0 spiro atoms. The summed E-state index contributed by atoms with van der Waals surface area (Å²) in [5.41, 5.74) is 3.97. The van der Waals surface area contributed by atoms with E-state index in [-0.39, 0.29) is 5.91 Å². The minimum atomic E-state index is -0.0266. The number of nitrogens with zero attached hydrogens (tertiary/aromatic N) is 2. The number of hydrazine groups is 1. The molecule has 1 amide bonds. The van der Waals surface area contributed by atoms with E-state index in [1.54, 1.807) is 0 Å². The first-order valence-corrected chi connectivity index (χ1v) is 7.15. The van der Waals surface area contributed by atoms with E-state index in [0.29, 0.717) is 6.54 Å². The van der Waals surface area contributed by atoms with E-state index in [9.17, 15) is 4.79 Å². The average molecular weight is 327 g/mol. The summed E-state index contributed by atoms with van der Waals surface area (Å²) in [6.07, 6.45) is 0. The molecule has 2 N–H and O–H groups in total. The van der Waals surface area contributed by atoms with Crippen LogP contribution in [0.25, 0.3) is 0 Å². The predicted octanol–water partition coefficient (Wildman–Crippen LogP) is 1.14. The van der Waals surface area contributed by atoms with Gasteiger partial charge in [0.05, 0.1) is 6.54 Å². The van der Waals surface area contributed by atoms with Gasteiger partial charge in [-0.05, 0) is 31.3 Å². The van der Waals surface area contributed by atoms with Crippen LogP contribution in [-0.2, 0) is 4.79 Å². The largest absolute Gasteiger partial charge is 0.325 e. The summed E-state index contributed by atoms with van der Waals surface area (Å²) in [5.74, 6) is -0.0266. The molecule has 2 rings (SSSR count). The summed E-state index contributed by atoms with van der Waals surface area (Å²) in [7, 11) is 2.11. The molecule has 0 atom stereocenters. The van der Waals surface area contributed by atoms with Crippen molar-refractivity contribution in [1.82, 2.24) is 15.3 Å². The van der Waals surface area contributed by atoms with E-state index in [2.05, 4.69) is 43.6 Å². The fourth-order valence-electron chi connectivity index (χ4n) is 1.89. The lowest BCUT2D eigenvalue weighted by Crippen LogP contribution is -2.52. The van der Waals surface area contributed by atoms with Crippen LogP contribution < -0.4 is 10.7 Å². The Labute approximate surface area is 122 Å². The average Bonchev–Trinajstić information content (AvgIpc) is 2.41. The molecule has 19 heavy (non-hydrogen) atoms. The van der Waals surface area contributed by atoms with Gasteiger partial charge in [0.15, 0.2) is 0 Å². The van der Waals surface area contributed by atoms with Crippen molar-refractivity contribution in [2.45, 2.75) is 0 Å². The van der Waals surface area contributed by atoms with Gasteiger partial charge in [0, 0.05) is 36.3 Å². The fraction of sp³-hybridized carbons (Fsp3) is 0.462. The number of nitrogens with one attached hydrogen (secondary N) is 2. The van der Waals surface area contributed by atoms with Gasteiger partial charge in [0.1, 0.15) is 0 Å². The monoisotopic (exact) mass is 326 g/mol. The molecule has 0 saturated carbocycles. The highest BCUT2D eigenvalue weighted by Gasteiger charge is 2.14. The van der Waals surface area contributed by atoms with E-state index in [0.717, 1.165) is 36.3 Å². The van der Waals surface area contributed by atoms with E-state index in [1.807, 2.05) is 24.3 Å². The summed E-state index contributed by atoms with van der Waals surface area (Å²) < 4.78 is 1.00. The zero-order valence-electron chi connectivity index (χ0n) is 11.0. The Bertz CT molecular complexity index is 415. The second kappa shape index (κ2) is 7.00. The molecule has 1 aliphatic rings. The van der Waals surface area contributed by atoms with Crippen LogP contribution in [0.4, 0.5) is 5.69 Å². The number of rotatable bonds is 4. The smallest absolute Gasteiger partial charge is 0.239 e. The first-order chi connectivity index (χ1) is 9.13. The quantitative estimate of drug-likeness (QED) is 0.871. The number of halogens is 1. The third kappa shape index (κ3) is 4.91. The molecule has 1 fully saturated rings. The minimum absolute atomic E-state index is 0.0266. The van der Waals surface area contributed by atoms with Gasteiger partial charge >= 0.3 is 0 Å². The number of piperazine rings is 1. The van der Waals surface area contributed by atoms with Gasteiger partial charge in [-0.15, -0.1) is 0 Å². The second-order valence-corrected chi connectivity index (χ2v) is 5.60. The molecule has 0 aromatic heterocycles. The molecule has 6 heteroatoms. The van der Waals surface area contributed by atoms with Crippen molar-refractivity contribution < 1.29 is 4.79 Å². The van der Waals surface area contributed by atoms with Gasteiger partial charge in [-0.1, -0.05) is 15.9 Å². The standard InChI is InChI=1S/C13H19BrN4O/c1-17-6-8-18(9-7-17)15-10-13(19)16-12-4-2-11(14)3-5-12/h2-5,15H,6-10H2,1H3,(H,16,19). The summed E-state index contributed by atoms with van der Waals surface area (Å²) >= 11 is 3.36. The van der Waals surface area contributed by atoms with Gasteiger partial charge in [-0.25, -0.2) is 10.4 Å². The van der Waals surface area contributed by atoms with E-state index in [1.165, 1.54) is 0 Å². The highest BCUT2D eigenvalue weighted by Crippen LogP contribution is 2.13. The maximum atomic E-state index is 11.8. The molecule has 5 nitrogen and oxygen atoms in total. The third-order valence-corrected chi connectivity index (χ3v) is 3.62. The second-order valence-electron chi connectivity index (χ2n) is 4.68. The number of benzene rings is 1. The molecule has 104 valence electrons. The van der Waals surface area contributed by atoms with Gasteiger partial charge in [-0.2, -0.15) is 0 Å². The zero-order valence-corrected chi connectivity index (χ0v) is 12.6. The highest BCUT2D eigenvalue weighted by molar-refractivity contribution is 9.10. The molecule has 1 heterocycles. The maximum absolute atomic E-state index is 11.8. The first-order valence-electron chi connectivity index (χ1n) is 6.36. The van der Waals surface area contributed by atoms with Crippen LogP contribution in [0.2, 0.25) is 0 Å². The fourth-order valence-corrected chi connectivity index (χ4v) is 2.15. The molecule has 1 aromatic carbocycles. The summed E-state index contributed by atoms with van der Waals surface area (Å²) in [6, 6.07) is 7.56. The van der Waals surface area contributed by atoms with Crippen molar-refractivity contribution in [3.8, 4) is 0 Å². The Morgan fingerprint density at radius 1 is 1.21 bits per heavy atom. The Balaban J connectivity index is 1.71. The topological polar surface area (TPSA) is 47.6 Å². The van der Waals surface area contributed by atoms with Gasteiger partial charge in [0.25, 0.3) is 0 Å². The van der Waals surface area contributed by atoms with Crippen LogP contribution in [0.5, 0.6) is 0 Å². The molecule has 0 bridgehead atoms. The molecule has 0 aliphatic carbocycles. The molecule has 1 aromatic rings. The molecule has 1 aliphatic heterocycles. The Hall–Kier alpha value is -0.950. The first kappa shape index (κ1) is 14.5. The molecule has 0 radical (unpaired) electrons. The van der Waals surface area contributed by atoms with Crippen molar-refractivity contribution in [3.63, 3.8) is 0 Å². The molecular formula is C13H19BrN4O. The predicted molar refractivity (Wildman–Crippen MR) is 79.8 cm³/mol. The Morgan fingerprint density at radius 2 is 1.84 bits per heavy atom. The van der Waals surface area contributed by atoms with Gasteiger partial charge in [-0.3, -0.25) is 4.79 Å². The van der Waals surface area contributed by atoms with Crippen LogP contribution in [0.3, 0.4) is 0 Å². The van der Waals surface area contributed by atoms with Gasteiger partial charge < -0.3 is 10.2 Å². The van der Waals surface area contributed by atoms with Crippen molar-refractivity contribution >= 4 is 27.5 Å². The Kier molecular flexibility index (Phi) is 5.33. The number of carbonyl (C=O) groups excluding carboxylic acids is 1. The maximum Gasteiger partial charge on any atom is 0.239 e. The number of hydrogen-bond donors (Lipinski definition) is 2. The molecular weight excluding hydrogens is 308 g/mol. The van der Waals surface area contributed by atoms with Crippen LogP contribution in [-0.4, -0.2) is 55.6 Å². The number of likely N-dealkylation sites (N-methyl/N-ethyl adjacent to an activating group) is 1. The number of amides is 1. The lowest BCUT2D eigenvalue weighted by Gasteiger charge is -2.32. The Morgan fingerprint density at radius 3 is 2.47 bits per heavy atom. The van der Waals surface area contributed by atoms with Crippen molar-refractivity contribution in [2.75, 3.05) is 45.1 Å². The van der Waals surface area contributed by atoms with Crippen LogP contribution in [0.1, 0.15) is 0 Å². The lowest BCUT2D eigenvalue weighted by molar-refractivity contribution is -0.116. The SMILES string of the molecule is CN1CCN(NCC(=O)Nc2ccc(Br)cc2)CC1. The third-order valence-electron chi connectivity index (χ3n) is 3.09. The normalized spacial score (nSPS) is 17.4. The van der Waals surface area contributed by atoms with E-state index in [4.69, 9.17) is 0 Å². The summed E-state index contributed by atoms with van der Waals surface area (Å²) in [5, 5.41) is 4.96. The van der Waals surface area contributed by atoms with Crippen molar-refractivity contribution in [3.05, 3.63) is 28.7 Å². The van der Waals surface area contributed by atoms with E-state index < -0.39 is 0 Å². The molecule has 1 saturated heterocycles.